The lowest BCUT2D eigenvalue weighted by molar-refractivity contribution is 0.0928. The van der Waals surface area contributed by atoms with Gasteiger partial charge in [0.2, 0.25) is 0 Å². The van der Waals surface area contributed by atoms with Gasteiger partial charge in [-0.15, -0.1) is 0 Å². The number of hydrogen-bond donors (Lipinski definition) is 2. The number of nitrogens with zero attached hydrogens (tertiary/aromatic N) is 3. The number of aryl methyl sites for hydroxylation is 2. The first-order valence-electron chi connectivity index (χ1n) is 10.4. The van der Waals surface area contributed by atoms with Crippen molar-refractivity contribution in [3.8, 4) is 17.0 Å². The molecule has 0 saturated heterocycles. The fourth-order valence-electron chi connectivity index (χ4n) is 3.78. The fourth-order valence-corrected chi connectivity index (χ4v) is 3.78. The summed E-state index contributed by atoms with van der Waals surface area (Å²) >= 11 is 0. The lowest BCUT2D eigenvalue weighted by atomic mass is 10.0. The molecule has 0 radical (unpaired) electrons. The van der Waals surface area contributed by atoms with E-state index in [2.05, 4.69) is 39.3 Å². The summed E-state index contributed by atoms with van der Waals surface area (Å²) in [6.45, 7) is 8.18. The first kappa shape index (κ1) is 21.0. The second kappa shape index (κ2) is 8.45. The van der Waals surface area contributed by atoms with Crippen LogP contribution in [0.4, 0.5) is 4.39 Å². The molecule has 1 aromatic carbocycles. The Hall–Kier alpha value is -3.29. The Balaban J connectivity index is 1.47. The Morgan fingerprint density at radius 2 is 2.16 bits per heavy atom. The van der Waals surface area contributed by atoms with E-state index in [0.717, 1.165) is 23.5 Å². The molecule has 0 fully saturated rings. The Morgan fingerprint density at radius 3 is 2.94 bits per heavy atom. The SMILES string of the molecule is Cc1cnc(C)c(-c2ccc(F)c3c2OC(CNC(=O)c2cc(CC(C)C)[nH]n2)C3)n1. The summed E-state index contributed by atoms with van der Waals surface area (Å²) in [6, 6.07) is 4.87. The van der Waals surface area contributed by atoms with E-state index in [4.69, 9.17) is 4.74 Å². The quantitative estimate of drug-likeness (QED) is 0.632. The highest BCUT2D eigenvalue weighted by atomic mass is 19.1. The van der Waals surface area contributed by atoms with Crippen LogP contribution in [-0.2, 0) is 12.8 Å². The molecule has 1 aliphatic rings. The van der Waals surface area contributed by atoms with E-state index in [9.17, 15) is 9.18 Å². The molecule has 1 unspecified atom stereocenters. The van der Waals surface area contributed by atoms with Crippen molar-refractivity contribution in [1.82, 2.24) is 25.5 Å². The van der Waals surface area contributed by atoms with E-state index in [0.29, 0.717) is 40.6 Å². The summed E-state index contributed by atoms with van der Waals surface area (Å²) in [4.78, 5) is 21.4. The lowest BCUT2D eigenvalue weighted by Crippen LogP contribution is -2.34. The van der Waals surface area contributed by atoms with Crippen LogP contribution in [0.25, 0.3) is 11.3 Å². The zero-order valence-electron chi connectivity index (χ0n) is 18.1. The summed E-state index contributed by atoms with van der Waals surface area (Å²) in [5.74, 6) is 0.331. The molecule has 0 bridgehead atoms. The van der Waals surface area contributed by atoms with Crippen molar-refractivity contribution in [1.29, 1.82) is 0 Å². The maximum absolute atomic E-state index is 14.5. The van der Waals surface area contributed by atoms with Crippen molar-refractivity contribution >= 4 is 5.91 Å². The number of rotatable bonds is 6. The molecular formula is C23H26FN5O2. The number of halogens is 1. The highest BCUT2D eigenvalue weighted by Crippen LogP contribution is 2.40. The third kappa shape index (κ3) is 4.42. The Morgan fingerprint density at radius 1 is 1.35 bits per heavy atom. The van der Waals surface area contributed by atoms with Gasteiger partial charge in [-0.2, -0.15) is 5.10 Å². The molecule has 0 aliphatic carbocycles. The van der Waals surface area contributed by atoms with Crippen molar-refractivity contribution in [2.24, 2.45) is 5.92 Å². The van der Waals surface area contributed by atoms with Crippen LogP contribution in [0.5, 0.6) is 5.75 Å². The first-order chi connectivity index (χ1) is 14.8. The summed E-state index contributed by atoms with van der Waals surface area (Å²) in [7, 11) is 0. The van der Waals surface area contributed by atoms with E-state index in [1.807, 2.05) is 13.8 Å². The molecule has 2 aromatic heterocycles. The van der Waals surface area contributed by atoms with Crippen LogP contribution in [0.1, 0.15) is 47.0 Å². The van der Waals surface area contributed by atoms with Crippen LogP contribution in [0, 0.1) is 25.6 Å². The molecule has 7 nitrogen and oxygen atoms in total. The third-order valence-corrected chi connectivity index (χ3v) is 5.23. The van der Waals surface area contributed by atoms with E-state index < -0.39 is 0 Å². The number of aromatic amines is 1. The van der Waals surface area contributed by atoms with Crippen molar-refractivity contribution in [3.63, 3.8) is 0 Å². The van der Waals surface area contributed by atoms with Crippen LogP contribution in [0.2, 0.25) is 0 Å². The van der Waals surface area contributed by atoms with Gasteiger partial charge in [-0.05, 0) is 44.4 Å². The number of ether oxygens (including phenoxy) is 1. The van der Waals surface area contributed by atoms with Crippen molar-refractivity contribution in [2.45, 2.75) is 46.6 Å². The smallest absolute Gasteiger partial charge is 0.271 e. The van der Waals surface area contributed by atoms with Crippen LogP contribution in [0.15, 0.2) is 24.4 Å². The summed E-state index contributed by atoms with van der Waals surface area (Å²) in [6.07, 6.45) is 2.52. The number of benzene rings is 1. The molecule has 1 atom stereocenters. The van der Waals surface area contributed by atoms with Gasteiger partial charge < -0.3 is 10.1 Å². The monoisotopic (exact) mass is 423 g/mol. The Bertz CT molecular complexity index is 1130. The molecule has 1 aliphatic heterocycles. The van der Waals surface area contributed by atoms with Gasteiger partial charge in [0.05, 0.1) is 23.6 Å². The number of nitrogens with one attached hydrogen (secondary N) is 2. The minimum atomic E-state index is -0.373. The average Bonchev–Trinajstić information content (AvgIpc) is 3.36. The number of fused-ring (bicyclic) bond motifs is 1. The van der Waals surface area contributed by atoms with Gasteiger partial charge in [0.1, 0.15) is 23.4 Å². The Kier molecular flexibility index (Phi) is 5.71. The van der Waals surface area contributed by atoms with Gasteiger partial charge in [-0.1, -0.05) is 13.8 Å². The van der Waals surface area contributed by atoms with Crippen molar-refractivity contribution in [2.75, 3.05) is 6.54 Å². The highest BCUT2D eigenvalue weighted by Gasteiger charge is 2.30. The van der Waals surface area contributed by atoms with Gasteiger partial charge >= 0.3 is 0 Å². The fraction of sp³-hybridized carbons (Fsp3) is 0.391. The van der Waals surface area contributed by atoms with Crippen molar-refractivity contribution < 1.29 is 13.9 Å². The van der Waals surface area contributed by atoms with Gasteiger partial charge in [-0.25, -0.2) is 9.37 Å². The minimum absolute atomic E-state index is 0.247. The summed E-state index contributed by atoms with van der Waals surface area (Å²) in [5.41, 5.74) is 4.67. The van der Waals surface area contributed by atoms with Gasteiger partial charge in [0, 0.05) is 29.4 Å². The molecular weight excluding hydrogens is 397 g/mol. The minimum Gasteiger partial charge on any atom is -0.487 e. The molecule has 0 saturated carbocycles. The largest absolute Gasteiger partial charge is 0.487 e. The third-order valence-electron chi connectivity index (χ3n) is 5.23. The zero-order valence-corrected chi connectivity index (χ0v) is 18.1. The number of H-pyrrole nitrogens is 1. The molecule has 162 valence electrons. The number of hydrogen-bond acceptors (Lipinski definition) is 5. The molecule has 0 spiro atoms. The molecule has 3 heterocycles. The molecule has 4 rings (SSSR count). The summed E-state index contributed by atoms with van der Waals surface area (Å²) < 4.78 is 20.6. The van der Waals surface area contributed by atoms with Crippen LogP contribution in [0.3, 0.4) is 0 Å². The van der Waals surface area contributed by atoms with E-state index in [1.165, 1.54) is 6.07 Å². The predicted molar refractivity (Wildman–Crippen MR) is 114 cm³/mol. The van der Waals surface area contributed by atoms with Crippen LogP contribution >= 0.6 is 0 Å². The molecule has 2 N–H and O–H groups in total. The maximum Gasteiger partial charge on any atom is 0.271 e. The van der Waals surface area contributed by atoms with E-state index >= 15 is 0 Å². The molecule has 8 heteroatoms. The van der Waals surface area contributed by atoms with Gasteiger partial charge in [0.15, 0.2) is 0 Å². The first-order valence-corrected chi connectivity index (χ1v) is 10.4. The number of amides is 1. The lowest BCUT2D eigenvalue weighted by Gasteiger charge is -2.14. The number of aromatic nitrogens is 4. The zero-order chi connectivity index (χ0) is 22.1. The predicted octanol–water partition coefficient (Wildman–Crippen LogP) is 3.55. The second-order valence-corrected chi connectivity index (χ2v) is 8.38. The summed E-state index contributed by atoms with van der Waals surface area (Å²) in [5, 5.41) is 9.83. The number of carbonyl (C=O) groups is 1. The average molecular weight is 423 g/mol. The van der Waals surface area contributed by atoms with Crippen LogP contribution < -0.4 is 10.1 Å². The van der Waals surface area contributed by atoms with E-state index in [-0.39, 0.29) is 24.4 Å². The molecule has 3 aromatic rings. The van der Waals surface area contributed by atoms with Crippen LogP contribution in [-0.4, -0.2) is 38.7 Å². The normalized spacial score (nSPS) is 15.1. The maximum atomic E-state index is 14.5. The molecule has 1 amide bonds. The second-order valence-electron chi connectivity index (χ2n) is 8.38. The van der Waals surface area contributed by atoms with Gasteiger partial charge in [-0.3, -0.25) is 14.9 Å². The highest BCUT2D eigenvalue weighted by molar-refractivity contribution is 5.92. The number of carbonyl (C=O) groups excluding carboxylic acids is 1. The standard InChI is InChI=1S/C23H26FN5O2/c1-12(2)7-15-8-20(29-28-15)23(30)26-11-16-9-18-19(24)6-5-17(22(18)31-16)21-14(4)25-10-13(3)27-21/h5-6,8,10,12,16H,7,9,11H2,1-4H3,(H,26,30)(H,28,29). The Labute approximate surface area is 180 Å². The van der Waals surface area contributed by atoms with E-state index in [1.54, 1.807) is 18.3 Å². The van der Waals surface area contributed by atoms with Crippen molar-refractivity contribution in [3.05, 3.63) is 58.6 Å². The van der Waals surface area contributed by atoms with Gasteiger partial charge in [0.25, 0.3) is 5.91 Å². The molecule has 31 heavy (non-hydrogen) atoms. The topological polar surface area (TPSA) is 92.8 Å².